The van der Waals surface area contributed by atoms with Crippen molar-refractivity contribution in [1.82, 2.24) is 4.98 Å². The van der Waals surface area contributed by atoms with E-state index in [1.165, 1.54) is 0 Å². The molecule has 1 aliphatic carbocycles. The Balaban J connectivity index is 2.06. The molecule has 0 aliphatic heterocycles. The van der Waals surface area contributed by atoms with Gasteiger partial charge in [-0.05, 0) is 54.8 Å². The van der Waals surface area contributed by atoms with Gasteiger partial charge < -0.3 is 4.74 Å². The van der Waals surface area contributed by atoms with Gasteiger partial charge in [0.25, 0.3) is 0 Å². The molecule has 0 radical (unpaired) electrons. The van der Waals surface area contributed by atoms with E-state index in [9.17, 15) is 4.79 Å². The summed E-state index contributed by atoms with van der Waals surface area (Å²) < 4.78 is 5.45. The first-order valence-corrected chi connectivity index (χ1v) is 7.12. The van der Waals surface area contributed by atoms with Gasteiger partial charge in [0, 0.05) is 23.7 Å². The third kappa shape index (κ3) is 2.72. The number of aromatic nitrogens is 1. The normalized spacial score (nSPS) is 14.2. The molecule has 106 valence electrons. The van der Waals surface area contributed by atoms with Gasteiger partial charge in [-0.1, -0.05) is 6.07 Å². The van der Waals surface area contributed by atoms with Crippen molar-refractivity contribution in [3.05, 3.63) is 58.9 Å². The first-order valence-electron chi connectivity index (χ1n) is 7.12. The van der Waals surface area contributed by atoms with E-state index in [1.54, 1.807) is 13.3 Å². The largest absolute Gasteiger partial charge is 0.496 e. The fourth-order valence-corrected chi connectivity index (χ4v) is 2.74. The second-order valence-electron chi connectivity index (χ2n) is 5.07. The molecule has 3 heteroatoms. The Kier molecular flexibility index (Phi) is 3.82. The maximum Gasteiger partial charge on any atom is 0.163 e. The number of Topliss-reactive ketones (excluding diaryl/α,β-unsaturated/α-hetero) is 1. The highest BCUT2D eigenvalue weighted by atomic mass is 16.5. The van der Waals surface area contributed by atoms with Crippen molar-refractivity contribution in [2.75, 3.05) is 7.11 Å². The lowest BCUT2D eigenvalue weighted by molar-refractivity contribution is 0.0972. The average Bonchev–Trinajstić information content (AvgIpc) is 2.54. The van der Waals surface area contributed by atoms with E-state index in [2.05, 4.69) is 4.98 Å². The highest BCUT2D eigenvalue weighted by Crippen LogP contribution is 2.32. The van der Waals surface area contributed by atoms with Crippen molar-refractivity contribution in [1.29, 1.82) is 0 Å². The zero-order valence-corrected chi connectivity index (χ0v) is 12.0. The Morgan fingerprint density at radius 3 is 2.81 bits per heavy atom. The van der Waals surface area contributed by atoms with Crippen LogP contribution < -0.4 is 4.74 Å². The summed E-state index contributed by atoms with van der Waals surface area (Å²) in [6.45, 7) is 0. The van der Waals surface area contributed by atoms with Crippen molar-refractivity contribution in [3.63, 3.8) is 0 Å². The van der Waals surface area contributed by atoms with Crippen LogP contribution >= 0.6 is 0 Å². The summed E-state index contributed by atoms with van der Waals surface area (Å²) in [4.78, 5) is 16.3. The predicted molar refractivity (Wildman–Crippen MR) is 83.4 cm³/mol. The number of benzene rings is 1. The molecule has 1 heterocycles. The molecule has 0 fully saturated rings. The van der Waals surface area contributed by atoms with Gasteiger partial charge in [-0.2, -0.15) is 0 Å². The summed E-state index contributed by atoms with van der Waals surface area (Å²) in [5.41, 5.74) is 3.81. The highest BCUT2D eigenvalue weighted by Gasteiger charge is 2.21. The predicted octanol–water partition coefficient (Wildman–Crippen LogP) is 3.78. The van der Waals surface area contributed by atoms with Crippen LogP contribution in [0.25, 0.3) is 12.2 Å². The van der Waals surface area contributed by atoms with Gasteiger partial charge in [-0.3, -0.25) is 9.78 Å². The third-order valence-corrected chi connectivity index (χ3v) is 3.78. The van der Waals surface area contributed by atoms with Crippen molar-refractivity contribution >= 4 is 17.9 Å². The molecule has 21 heavy (non-hydrogen) atoms. The number of rotatable bonds is 3. The monoisotopic (exact) mass is 279 g/mol. The lowest BCUT2D eigenvalue weighted by Gasteiger charge is -2.19. The summed E-state index contributed by atoms with van der Waals surface area (Å²) in [6.07, 6.45) is 8.18. The molecule has 0 saturated carbocycles. The van der Waals surface area contributed by atoms with Gasteiger partial charge in [0.1, 0.15) is 5.75 Å². The first kappa shape index (κ1) is 13.6. The number of hydrogen-bond donors (Lipinski definition) is 0. The fourth-order valence-electron chi connectivity index (χ4n) is 2.74. The zero-order chi connectivity index (χ0) is 14.7. The molecule has 3 rings (SSSR count). The maximum atomic E-state index is 12.0. The van der Waals surface area contributed by atoms with Crippen LogP contribution in [0.5, 0.6) is 5.75 Å². The quantitative estimate of drug-likeness (QED) is 0.858. The maximum absolute atomic E-state index is 12.0. The Hall–Kier alpha value is -2.42. The van der Waals surface area contributed by atoms with Crippen LogP contribution in [0.4, 0.5) is 0 Å². The molecule has 0 unspecified atom stereocenters. The number of carbonyl (C=O) groups excluding carboxylic acids is 1. The molecular formula is C18H17NO2. The molecular weight excluding hydrogens is 262 g/mol. The molecule has 1 aromatic carbocycles. The molecule has 1 aromatic heterocycles. The van der Waals surface area contributed by atoms with Gasteiger partial charge in [-0.15, -0.1) is 0 Å². The Morgan fingerprint density at radius 2 is 2.05 bits per heavy atom. The number of ether oxygens (including phenoxy) is 1. The minimum atomic E-state index is 0.228. The van der Waals surface area contributed by atoms with Crippen molar-refractivity contribution in [2.45, 2.75) is 19.3 Å². The van der Waals surface area contributed by atoms with Crippen molar-refractivity contribution < 1.29 is 9.53 Å². The van der Waals surface area contributed by atoms with Gasteiger partial charge in [0.05, 0.1) is 12.8 Å². The summed E-state index contributed by atoms with van der Waals surface area (Å²) in [6, 6.07) is 9.55. The number of nitrogens with zero attached hydrogens (tertiary/aromatic N) is 1. The number of methoxy groups -OCH3 is 1. The number of carbonyl (C=O) groups is 1. The van der Waals surface area contributed by atoms with Crippen molar-refractivity contribution in [2.24, 2.45) is 0 Å². The number of ketones is 1. The second-order valence-corrected chi connectivity index (χ2v) is 5.07. The van der Waals surface area contributed by atoms with Crippen LogP contribution in [0.15, 0.2) is 36.5 Å². The smallest absolute Gasteiger partial charge is 0.163 e. The second kappa shape index (κ2) is 5.92. The third-order valence-electron chi connectivity index (χ3n) is 3.78. The Morgan fingerprint density at radius 1 is 1.14 bits per heavy atom. The zero-order valence-electron chi connectivity index (χ0n) is 12.0. The summed E-state index contributed by atoms with van der Waals surface area (Å²) >= 11 is 0. The molecule has 0 amide bonds. The molecule has 0 bridgehead atoms. The topological polar surface area (TPSA) is 39.2 Å². The van der Waals surface area contributed by atoms with E-state index in [-0.39, 0.29) is 5.78 Å². The summed E-state index contributed by atoms with van der Waals surface area (Å²) in [7, 11) is 1.66. The lowest BCUT2D eigenvalue weighted by atomic mass is 9.86. The van der Waals surface area contributed by atoms with Crippen LogP contribution in [0.2, 0.25) is 0 Å². The van der Waals surface area contributed by atoms with E-state index in [1.807, 2.05) is 42.5 Å². The average molecular weight is 279 g/mol. The minimum Gasteiger partial charge on any atom is -0.496 e. The van der Waals surface area contributed by atoms with Crippen LogP contribution in [-0.2, 0) is 6.42 Å². The van der Waals surface area contributed by atoms with Gasteiger partial charge >= 0.3 is 0 Å². The SMILES string of the molecule is COc1ccc2c(c1C=Cc1ccccn1)CCCC2=O. The number of hydrogen-bond acceptors (Lipinski definition) is 3. The molecule has 0 spiro atoms. The van der Waals surface area contributed by atoms with E-state index in [0.29, 0.717) is 6.42 Å². The molecule has 0 atom stereocenters. The van der Waals surface area contributed by atoms with Crippen LogP contribution in [0, 0.1) is 0 Å². The van der Waals surface area contributed by atoms with Crippen LogP contribution in [-0.4, -0.2) is 17.9 Å². The lowest BCUT2D eigenvalue weighted by Crippen LogP contribution is -2.12. The minimum absolute atomic E-state index is 0.228. The van der Waals surface area contributed by atoms with E-state index < -0.39 is 0 Å². The fraction of sp³-hybridized carbons (Fsp3) is 0.222. The molecule has 3 nitrogen and oxygen atoms in total. The first-order chi connectivity index (χ1) is 10.3. The summed E-state index contributed by atoms with van der Waals surface area (Å²) in [5, 5.41) is 0. The number of pyridine rings is 1. The number of fused-ring (bicyclic) bond motifs is 1. The molecule has 0 saturated heterocycles. The standard InChI is InChI=1S/C18H17NO2/c1-21-18-11-10-15-14(6-4-7-17(15)20)16(18)9-8-13-5-2-3-12-19-13/h2-3,5,8-12H,4,6-7H2,1H3. The highest BCUT2D eigenvalue weighted by molar-refractivity contribution is 6.00. The van der Waals surface area contributed by atoms with Gasteiger partial charge in [-0.25, -0.2) is 0 Å². The molecule has 0 N–H and O–H groups in total. The summed E-state index contributed by atoms with van der Waals surface area (Å²) in [5.74, 6) is 1.03. The van der Waals surface area contributed by atoms with E-state index >= 15 is 0 Å². The van der Waals surface area contributed by atoms with Gasteiger partial charge in [0.15, 0.2) is 5.78 Å². The van der Waals surface area contributed by atoms with Gasteiger partial charge in [0.2, 0.25) is 0 Å². The van der Waals surface area contributed by atoms with Crippen molar-refractivity contribution in [3.8, 4) is 5.75 Å². The Bertz CT molecular complexity index is 690. The van der Waals surface area contributed by atoms with E-state index in [0.717, 1.165) is 41.0 Å². The Labute approximate surface area is 124 Å². The van der Waals surface area contributed by atoms with E-state index in [4.69, 9.17) is 4.74 Å². The van der Waals surface area contributed by atoms with Crippen LogP contribution in [0.3, 0.4) is 0 Å². The van der Waals surface area contributed by atoms with Crippen LogP contribution in [0.1, 0.15) is 40.0 Å². The molecule has 1 aliphatic rings. The molecule has 2 aromatic rings.